The number of piperidine rings is 1. The number of aliphatic carboxylic acids is 1. The zero-order chi connectivity index (χ0) is 23.4. The number of halogens is 6. The molecule has 31 heavy (non-hydrogen) atoms. The van der Waals surface area contributed by atoms with E-state index in [1.54, 1.807) is 0 Å². The van der Waals surface area contributed by atoms with Crippen LogP contribution in [0.3, 0.4) is 0 Å². The van der Waals surface area contributed by atoms with Crippen LogP contribution < -0.4 is 5.32 Å². The molecule has 3 N–H and O–H groups in total. The van der Waals surface area contributed by atoms with Crippen LogP contribution in [0.5, 0.6) is 0 Å². The van der Waals surface area contributed by atoms with Gasteiger partial charge in [-0.15, -0.1) is 0 Å². The lowest BCUT2D eigenvalue weighted by Gasteiger charge is -2.37. The van der Waals surface area contributed by atoms with Crippen molar-refractivity contribution in [3.63, 3.8) is 0 Å². The van der Waals surface area contributed by atoms with Crippen LogP contribution in [0.4, 0.5) is 26.3 Å². The molecular weight excluding hydrogens is 440 g/mol. The van der Waals surface area contributed by atoms with Gasteiger partial charge in [0.1, 0.15) is 17.2 Å². The third-order valence-electron chi connectivity index (χ3n) is 4.50. The van der Waals surface area contributed by atoms with E-state index in [0.29, 0.717) is 18.7 Å². The van der Waals surface area contributed by atoms with Gasteiger partial charge in [-0.25, -0.2) is 9.78 Å². The maximum absolute atomic E-state index is 12.6. The topological polar surface area (TPSA) is 120 Å². The summed E-state index contributed by atoms with van der Waals surface area (Å²) in [5.41, 5.74) is -1.09. The molecule has 0 radical (unpaired) electrons. The lowest BCUT2D eigenvalue weighted by Crippen LogP contribution is -2.48. The van der Waals surface area contributed by atoms with E-state index >= 15 is 0 Å². The summed E-state index contributed by atoms with van der Waals surface area (Å²) in [6.45, 7) is 1.47. The molecule has 2 aliphatic heterocycles. The second-order valence-corrected chi connectivity index (χ2v) is 6.93. The van der Waals surface area contributed by atoms with E-state index in [9.17, 15) is 31.1 Å². The number of likely N-dealkylation sites (tertiary alicyclic amines) is 1. The number of aromatic nitrogens is 2. The number of carbonyl (C=O) groups is 2. The fourth-order valence-electron chi connectivity index (χ4n) is 3.13. The van der Waals surface area contributed by atoms with Crippen molar-refractivity contribution in [2.24, 2.45) is 5.16 Å². The Morgan fingerprint density at radius 1 is 1.32 bits per heavy atom. The van der Waals surface area contributed by atoms with Gasteiger partial charge < -0.3 is 20.2 Å². The average Bonchev–Trinajstić information content (AvgIpc) is 3.28. The first-order valence-corrected chi connectivity index (χ1v) is 8.86. The van der Waals surface area contributed by atoms with Crippen molar-refractivity contribution in [3.8, 4) is 0 Å². The highest BCUT2D eigenvalue weighted by molar-refractivity contribution is 6.39. The van der Waals surface area contributed by atoms with Gasteiger partial charge in [-0.2, -0.15) is 26.3 Å². The van der Waals surface area contributed by atoms with Crippen LogP contribution in [-0.2, 0) is 27.1 Å². The highest BCUT2D eigenvalue weighted by atomic mass is 19.4. The van der Waals surface area contributed by atoms with E-state index in [1.807, 2.05) is 4.90 Å². The molecule has 1 aromatic rings. The molecule has 3 rings (SSSR count). The van der Waals surface area contributed by atoms with Crippen molar-refractivity contribution < 1.29 is 45.9 Å². The SMILES string of the molecule is CNC(=O)C1=NOC2(CCCN(Cc3ncc(C(F)(F)F)[nH]3)C2)C1.O=C(O)C(F)(F)F. The molecule has 0 bridgehead atoms. The molecule has 1 unspecified atom stereocenters. The van der Waals surface area contributed by atoms with Crippen LogP contribution in [0.2, 0.25) is 0 Å². The van der Waals surface area contributed by atoms with E-state index in [4.69, 9.17) is 14.7 Å². The lowest BCUT2D eigenvalue weighted by atomic mass is 9.88. The Kier molecular flexibility index (Phi) is 7.18. The fourth-order valence-corrected chi connectivity index (χ4v) is 3.13. The van der Waals surface area contributed by atoms with Crippen molar-refractivity contribution in [1.29, 1.82) is 0 Å². The summed E-state index contributed by atoms with van der Waals surface area (Å²) in [5, 5.41) is 13.5. The largest absolute Gasteiger partial charge is 0.490 e. The van der Waals surface area contributed by atoms with Crippen LogP contribution in [0, 0.1) is 0 Å². The van der Waals surface area contributed by atoms with Gasteiger partial charge in [0.2, 0.25) is 0 Å². The summed E-state index contributed by atoms with van der Waals surface area (Å²) >= 11 is 0. The standard InChI is InChI=1S/C14H18F3N5O2.C2HF3O2/c1-18-12(23)9-5-13(24-21-9)3-2-4-22(8-13)7-11-19-6-10(20-11)14(15,16)17;3-2(4,5)1(6)7/h6H,2-5,7-8H2,1H3,(H,18,23)(H,19,20);(H,6,7). The lowest BCUT2D eigenvalue weighted by molar-refractivity contribution is -0.192. The van der Waals surface area contributed by atoms with E-state index < -0.39 is 29.6 Å². The molecule has 15 heteroatoms. The van der Waals surface area contributed by atoms with Crippen molar-refractivity contribution in [3.05, 3.63) is 17.7 Å². The quantitative estimate of drug-likeness (QED) is 0.595. The first kappa shape index (κ1) is 24.4. The third kappa shape index (κ3) is 6.57. The number of nitrogens with one attached hydrogen (secondary N) is 2. The normalized spacial score (nSPS) is 21.7. The number of carboxylic acids is 1. The van der Waals surface area contributed by atoms with Gasteiger partial charge in [-0.05, 0) is 19.4 Å². The number of rotatable bonds is 3. The highest BCUT2D eigenvalue weighted by Crippen LogP contribution is 2.34. The van der Waals surface area contributed by atoms with Gasteiger partial charge in [-0.3, -0.25) is 9.69 Å². The predicted octanol–water partition coefficient (Wildman–Crippen LogP) is 1.92. The Balaban J connectivity index is 0.000000423. The van der Waals surface area contributed by atoms with Gasteiger partial charge in [-0.1, -0.05) is 5.16 Å². The Morgan fingerprint density at radius 3 is 2.48 bits per heavy atom. The number of aromatic amines is 1. The number of nitrogens with zero attached hydrogens (tertiary/aromatic N) is 3. The minimum Gasteiger partial charge on any atom is -0.475 e. The number of H-pyrrole nitrogens is 1. The number of hydrogen-bond acceptors (Lipinski definition) is 6. The number of hydrogen-bond donors (Lipinski definition) is 3. The van der Waals surface area contributed by atoms with E-state index in [0.717, 1.165) is 25.6 Å². The first-order chi connectivity index (χ1) is 14.3. The Morgan fingerprint density at radius 2 is 1.97 bits per heavy atom. The maximum Gasteiger partial charge on any atom is 0.490 e. The zero-order valence-corrected chi connectivity index (χ0v) is 16.1. The minimum absolute atomic E-state index is 0.254. The maximum atomic E-state index is 12.6. The summed E-state index contributed by atoms with van der Waals surface area (Å²) in [6, 6.07) is 0. The van der Waals surface area contributed by atoms with Crippen LogP contribution >= 0.6 is 0 Å². The van der Waals surface area contributed by atoms with E-state index in [1.165, 1.54) is 7.05 Å². The number of carbonyl (C=O) groups excluding carboxylic acids is 1. The number of carboxylic acid groups (broad SMARTS) is 1. The van der Waals surface area contributed by atoms with Gasteiger partial charge in [0.05, 0.1) is 12.7 Å². The molecular formula is C16H19F6N5O4. The zero-order valence-electron chi connectivity index (χ0n) is 16.1. The molecule has 1 amide bonds. The Bertz CT molecular complexity index is 837. The molecule has 9 nitrogen and oxygen atoms in total. The third-order valence-corrected chi connectivity index (χ3v) is 4.50. The summed E-state index contributed by atoms with van der Waals surface area (Å²) in [5.74, 6) is -2.78. The fraction of sp³-hybridized carbons (Fsp3) is 0.625. The summed E-state index contributed by atoms with van der Waals surface area (Å²) in [6.07, 6.45) is -6.76. The molecule has 0 aromatic carbocycles. The molecule has 0 aliphatic carbocycles. The molecule has 174 valence electrons. The van der Waals surface area contributed by atoms with Crippen LogP contribution in [0.25, 0.3) is 0 Å². The van der Waals surface area contributed by atoms with E-state index in [-0.39, 0.29) is 18.3 Å². The Hall–Kier alpha value is -2.84. The van der Waals surface area contributed by atoms with Crippen molar-refractivity contribution in [1.82, 2.24) is 20.2 Å². The number of alkyl halides is 6. The smallest absolute Gasteiger partial charge is 0.475 e. The van der Waals surface area contributed by atoms with Crippen LogP contribution in [-0.4, -0.2) is 69.5 Å². The predicted molar refractivity (Wildman–Crippen MR) is 91.7 cm³/mol. The Labute approximate surface area is 171 Å². The van der Waals surface area contributed by atoms with Gasteiger partial charge >= 0.3 is 18.3 Å². The van der Waals surface area contributed by atoms with Crippen molar-refractivity contribution in [2.45, 2.75) is 43.8 Å². The second-order valence-electron chi connectivity index (χ2n) is 6.93. The van der Waals surface area contributed by atoms with Crippen molar-refractivity contribution in [2.75, 3.05) is 20.1 Å². The second kappa shape index (κ2) is 9.11. The number of amides is 1. The summed E-state index contributed by atoms with van der Waals surface area (Å²) < 4.78 is 69.6. The summed E-state index contributed by atoms with van der Waals surface area (Å²) in [7, 11) is 1.53. The number of imidazole rings is 1. The van der Waals surface area contributed by atoms with Crippen LogP contribution in [0.15, 0.2) is 11.4 Å². The molecule has 0 saturated carbocycles. The molecule has 1 atom stereocenters. The molecule has 1 aromatic heterocycles. The van der Waals surface area contributed by atoms with Gasteiger partial charge in [0.25, 0.3) is 5.91 Å². The molecule has 3 heterocycles. The molecule has 1 fully saturated rings. The average molecular weight is 459 g/mol. The van der Waals surface area contributed by atoms with Crippen molar-refractivity contribution >= 4 is 17.6 Å². The molecule has 2 aliphatic rings. The number of oxime groups is 1. The highest BCUT2D eigenvalue weighted by Gasteiger charge is 2.44. The monoisotopic (exact) mass is 459 g/mol. The minimum atomic E-state index is -5.08. The molecule has 1 spiro atoms. The summed E-state index contributed by atoms with van der Waals surface area (Å²) in [4.78, 5) is 34.1. The van der Waals surface area contributed by atoms with Crippen LogP contribution in [0.1, 0.15) is 30.8 Å². The van der Waals surface area contributed by atoms with Gasteiger partial charge in [0, 0.05) is 20.0 Å². The van der Waals surface area contributed by atoms with Gasteiger partial charge in [0.15, 0.2) is 5.60 Å². The van der Waals surface area contributed by atoms with E-state index in [2.05, 4.69) is 20.4 Å². The first-order valence-electron chi connectivity index (χ1n) is 8.86. The molecule has 1 saturated heterocycles.